The summed E-state index contributed by atoms with van der Waals surface area (Å²) in [5.41, 5.74) is 1.88. The maximum atomic E-state index is 12.2. The normalized spacial score (nSPS) is 10.7. The minimum absolute atomic E-state index is 0.0136. The van der Waals surface area contributed by atoms with E-state index < -0.39 is 0 Å². The van der Waals surface area contributed by atoms with Gasteiger partial charge in [0.05, 0.1) is 12.9 Å². The Bertz CT molecular complexity index is 910. The van der Waals surface area contributed by atoms with Crippen molar-refractivity contribution in [2.45, 2.75) is 31.3 Å². The van der Waals surface area contributed by atoms with E-state index in [1.54, 1.807) is 7.11 Å². The molecule has 0 aliphatic heterocycles. The van der Waals surface area contributed by atoms with Crippen molar-refractivity contribution in [2.24, 2.45) is 0 Å². The number of hydrogen-bond donors (Lipinski definition) is 1. The summed E-state index contributed by atoms with van der Waals surface area (Å²) in [6, 6.07) is 17.6. The van der Waals surface area contributed by atoms with Gasteiger partial charge in [-0.3, -0.25) is 9.36 Å². The van der Waals surface area contributed by atoms with Crippen molar-refractivity contribution in [2.75, 3.05) is 19.4 Å². The second-order valence-electron chi connectivity index (χ2n) is 6.55. The Labute approximate surface area is 175 Å². The first-order chi connectivity index (χ1) is 14.2. The number of ether oxygens (including phenoxy) is 1. The third kappa shape index (κ3) is 5.60. The van der Waals surface area contributed by atoms with Crippen LogP contribution in [0.2, 0.25) is 0 Å². The first kappa shape index (κ1) is 20.9. The lowest BCUT2D eigenvalue weighted by Gasteiger charge is -2.11. The van der Waals surface area contributed by atoms with Gasteiger partial charge >= 0.3 is 0 Å². The molecule has 0 bridgehead atoms. The molecule has 1 aromatic heterocycles. The number of hydrogen-bond acceptors (Lipinski definition) is 5. The minimum atomic E-state index is 0.0136. The number of carbonyl (C=O) groups excluding carboxylic acids is 1. The highest BCUT2D eigenvalue weighted by atomic mass is 32.2. The molecular formula is C22H26N4O2S. The number of benzene rings is 2. The maximum absolute atomic E-state index is 12.2. The fourth-order valence-corrected chi connectivity index (χ4v) is 3.67. The number of para-hydroxylation sites is 1. The average Bonchev–Trinajstić information content (AvgIpc) is 3.20. The Hall–Kier alpha value is -2.80. The largest absolute Gasteiger partial charge is 0.497 e. The molecule has 0 atom stereocenters. The van der Waals surface area contributed by atoms with E-state index in [0.29, 0.717) is 10.9 Å². The molecule has 152 valence electrons. The molecule has 0 aliphatic carbocycles. The fraction of sp³-hybridized carbons (Fsp3) is 0.318. The summed E-state index contributed by atoms with van der Waals surface area (Å²) in [4.78, 5) is 12.2. The molecule has 7 heteroatoms. The van der Waals surface area contributed by atoms with Gasteiger partial charge < -0.3 is 10.1 Å². The molecule has 1 N–H and O–H groups in total. The molecule has 0 saturated heterocycles. The van der Waals surface area contributed by atoms with Crippen LogP contribution in [-0.4, -0.2) is 40.1 Å². The van der Waals surface area contributed by atoms with E-state index in [1.165, 1.54) is 11.8 Å². The number of methoxy groups -OCH3 is 1. The van der Waals surface area contributed by atoms with E-state index in [-0.39, 0.29) is 5.91 Å². The maximum Gasteiger partial charge on any atom is 0.230 e. The predicted octanol–water partition coefficient (Wildman–Crippen LogP) is 4.34. The fourth-order valence-electron chi connectivity index (χ4n) is 2.88. The van der Waals surface area contributed by atoms with Gasteiger partial charge in [0.25, 0.3) is 0 Å². The van der Waals surface area contributed by atoms with E-state index in [1.807, 2.05) is 59.2 Å². The highest BCUT2D eigenvalue weighted by Crippen LogP contribution is 2.28. The Morgan fingerprint density at radius 3 is 2.52 bits per heavy atom. The van der Waals surface area contributed by atoms with E-state index in [9.17, 15) is 4.79 Å². The SMILES string of the molecule is CCCCCNC(=O)CSc1nnc(-c2ccc(OC)cc2)n1-c1ccccc1. The van der Waals surface area contributed by atoms with Gasteiger partial charge in [-0.2, -0.15) is 0 Å². The topological polar surface area (TPSA) is 69.0 Å². The summed E-state index contributed by atoms with van der Waals surface area (Å²) in [5.74, 6) is 1.83. The summed E-state index contributed by atoms with van der Waals surface area (Å²) < 4.78 is 7.23. The van der Waals surface area contributed by atoms with Crippen LogP contribution >= 0.6 is 11.8 Å². The van der Waals surface area contributed by atoms with Crippen LogP contribution in [0.5, 0.6) is 5.75 Å². The molecule has 0 aliphatic rings. The van der Waals surface area contributed by atoms with Crippen LogP contribution in [0.25, 0.3) is 17.1 Å². The molecule has 0 fully saturated rings. The van der Waals surface area contributed by atoms with Crippen molar-refractivity contribution >= 4 is 17.7 Å². The zero-order chi connectivity index (χ0) is 20.5. The molecule has 6 nitrogen and oxygen atoms in total. The van der Waals surface area contributed by atoms with Crippen molar-refractivity contribution in [3.05, 3.63) is 54.6 Å². The summed E-state index contributed by atoms with van der Waals surface area (Å²) in [6.07, 6.45) is 3.27. The van der Waals surface area contributed by atoms with Crippen molar-refractivity contribution in [3.63, 3.8) is 0 Å². The summed E-state index contributed by atoms with van der Waals surface area (Å²) in [7, 11) is 1.64. The van der Waals surface area contributed by atoms with Crippen LogP contribution in [0.3, 0.4) is 0 Å². The number of amides is 1. The smallest absolute Gasteiger partial charge is 0.230 e. The Balaban J connectivity index is 1.80. The second kappa shape index (κ2) is 10.7. The van der Waals surface area contributed by atoms with Gasteiger partial charge in [0.15, 0.2) is 11.0 Å². The number of nitrogens with zero attached hydrogens (tertiary/aromatic N) is 3. The molecule has 1 amide bonds. The van der Waals surface area contributed by atoms with Crippen LogP contribution in [0, 0.1) is 0 Å². The zero-order valence-corrected chi connectivity index (χ0v) is 17.6. The van der Waals surface area contributed by atoms with Crippen LogP contribution in [0.1, 0.15) is 26.2 Å². The van der Waals surface area contributed by atoms with Crippen molar-refractivity contribution in [1.29, 1.82) is 0 Å². The molecule has 2 aromatic carbocycles. The monoisotopic (exact) mass is 410 g/mol. The molecule has 0 saturated carbocycles. The molecule has 29 heavy (non-hydrogen) atoms. The number of unbranched alkanes of at least 4 members (excludes halogenated alkanes) is 2. The standard InChI is InChI=1S/C22H26N4O2S/c1-3-4-8-15-23-20(27)16-29-22-25-24-21(17-11-13-19(28-2)14-12-17)26(22)18-9-6-5-7-10-18/h5-7,9-14H,3-4,8,15-16H2,1-2H3,(H,23,27). The van der Waals surface area contributed by atoms with Crippen LogP contribution in [0.4, 0.5) is 0 Å². The highest BCUT2D eigenvalue weighted by molar-refractivity contribution is 7.99. The first-order valence-electron chi connectivity index (χ1n) is 9.77. The summed E-state index contributed by atoms with van der Waals surface area (Å²) in [6.45, 7) is 2.87. The summed E-state index contributed by atoms with van der Waals surface area (Å²) in [5, 5.41) is 12.4. The lowest BCUT2D eigenvalue weighted by Crippen LogP contribution is -2.26. The Kier molecular flexibility index (Phi) is 7.69. The van der Waals surface area contributed by atoms with Crippen molar-refractivity contribution in [1.82, 2.24) is 20.1 Å². The van der Waals surface area contributed by atoms with E-state index in [2.05, 4.69) is 22.4 Å². The van der Waals surface area contributed by atoms with Gasteiger partial charge in [-0.1, -0.05) is 49.7 Å². The van der Waals surface area contributed by atoms with E-state index >= 15 is 0 Å². The minimum Gasteiger partial charge on any atom is -0.497 e. The number of thioether (sulfide) groups is 1. The second-order valence-corrected chi connectivity index (χ2v) is 7.49. The highest BCUT2D eigenvalue weighted by Gasteiger charge is 2.17. The van der Waals surface area contributed by atoms with Gasteiger partial charge in [0.2, 0.25) is 5.91 Å². The van der Waals surface area contributed by atoms with Crippen LogP contribution in [-0.2, 0) is 4.79 Å². The van der Waals surface area contributed by atoms with Gasteiger partial charge in [-0.25, -0.2) is 0 Å². The predicted molar refractivity (Wildman–Crippen MR) is 117 cm³/mol. The Morgan fingerprint density at radius 1 is 1.07 bits per heavy atom. The molecule has 3 aromatic rings. The number of aromatic nitrogens is 3. The zero-order valence-electron chi connectivity index (χ0n) is 16.8. The summed E-state index contributed by atoms with van der Waals surface area (Å²) >= 11 is 1.39. The first-order valence-corrected chi connectivity index (χ1v) is 10.8. The molecule has 0 radical (unpaired) electrons. The van der Waals surface area contributed by atoms with Gasteiger partial charge in [0.1, 0.15) is 5.75 Å². The third-order valence-corrected chi connectivity index (χ3v) is 5.36. The van der Waals surface area contributed by atoms with Gasteiger partial charge in [0, 0.05) is 17.8 Å². The van der Waals surface area contributed by atoms with E-state index in [0.717, 1.165) is 48.6 Å². The lowest BCUT2D eigenvalue weighted by molar-refractivity contribution is -0.118. The molecule has 0 unspecified atom stereocenters. The van der Waals surface area contributed by atoms with Crippen molar-refractivity contribution < 1.29 is 9.53 Å². The van der Waals surface area contributed by atoms with Crippen LogP contribution in [0.15, 0.2) is 59.8 Å². The number of rotatable bonds is 10. The lowest BCUT2D eigenvalue weighted by atomic mass is 10.2. The molecule has 1 heterocycles. The van der Waals surface area contributed by atoms with Crippen molar-refractivity contribution in [3.8, 4) is 22.8 Å². The van der Waals surface area contributed by atoms with Gasteiger partial charge in [-0.05, 0) is 42.8 Å². The quantitative estimate of drug-likeness (QED) is 0.398. The molecule has 0 spiro atoms. The average molecular weight is 411 g/mol. The van der Waals surface area contributed by atoms with E-state index in [4.69, 9.17) is 4.74 Å². The Morgan fingerprint density at radius 2 is 1.83 bits per heavy atom. The molecule has 3 rings (SSSR count). The van der Waals surface area contributed by atoms with Crippen LogP contribution < -0.4 is 10.1 Å². The number of carbonyl (C=O) groups is 1. The third-order valence-electron chi connectivity index (χ3n) is 4.43. The molecular weight excluding hydrogens is 384 g/mol. The van der Waals surface area contributed by atoms with Gasteiger partial charge in [-0.15, -0.1) is 10.2 Å². The number of nitrogens with one attached hydrogen (secondary N) is 1.